The summed E-state index contributed by atoms with van der Waals surface area (Å²) in [5.74, 6) is 0. The molecule has 0 aromatic carbocycles. The molecule has 0 saturated carbocycles. The van der Waals surface area contributed by atoms with E-state index >= 15 is 0 Å². The molecule has 3 heterocycles. The van der Waals surface area contributed by atoms with Crippen LogP contribution in [-0.4, -0.2) is 74.5 Å². The van der Waals surface area contributed by atoms with Crippen molar-refractivity contribution < 1.29 is 43.8 Å². The fourth-order valence-electron chi connectivity index (χ4n) is 2.82. The van der Waals surface area contributed by atoms with Gasteiger partial charge in [0.15, 0.2) is 12.2 Å². The van der Waals surface area contributed by atoms with Gasteiger partial charge in [-0.3, -0.25) is 5.26 Å². The van der Waals surface area contributed by atoms with Gasteiger partial charge in [0.05, 0.1) is 25.7 Å². The molecule has 0 radical (unpaired) electrons. The van der Waals surface area contributed by atoms with E-state index in [0.29, 0.717) is 13.7 Å². The molecule has 0 bridgehead atoms. The quantitative estimate of drug-likeness (QED) is 0.249. The van der Waals surface area contributed by atoms with Crippen LogP contribution in [0.5, 0.6) is 0 Å². The maximum absolute atomic E-state index is 12.7. The van der Waals surface area contributed by atoms with Gasteiger partial charge in [-0.25, -0.2) is 42.6 Å². The Hall–Kier alpha value is -3.17. The predicted octanol–water partition coefficient (Wildman–Crippen LogP) is -2.91. The summed E-state index contributed by atoms with van der Waals surface area (Å²) in [6.45, 7) is -2.47. The van der Waals surface area contributed by atoms with E-state index < -0.39 is 73.9 Å². The van der Waals surface area contributed by atoms with Crippen molar-refractivity contribution in [1.29, 1.82) is 0 Å². The van der Waals surface area contributed by atoms with Crippen LogP contribution >= 0.6 is 0 Å². The monoisotopic (exact) mass is 419 g/mol. The van der Waals surface area contributed by atoms with Gasteiger partial charge >= 0.3 is 29.4 Å². The zero-order chi connectivity index (χ0) is 21.1. The zero-order valence-corrected chi connectivity index (χ0v) is 14.8. The highest BCUT2D eigenvalue weighted by atomic mass is 17.1. The van der Waals surface area contributed by atoms with E-state index in [1.807, 2.05) is 0 Å². The van der Waals surface area contributed by atoms with Crippen molar-refractivity contribution in [3.05, 3.63) is 31.5 Å². The minimum atomic E-state index is -1.45. The van der Waals surface area contributed by atoms with Crippen LogP contribution in [0.4, 0.5) is 9.59 Å². The van der Waals surface area contributed by atoms with Crippen LogP contribution in [0.1, 0.15) is 0 Å². The molecular weight excluding hydrogens is 402 g/mol. The van der Waals surface area contributed by atoms with E-state index in [-0.39, 0.29) is 13.2 Å². The standard InChI is InChI=1S/C14H17N3O12/c18-7(4-27-24)1-15-10(19)16(2-8-5-25-13(22)28-8)12(21)17(11(15)20)3-9-6-26-14(23)29-9/h7-9,18,24H,1-6H2. The molecule has 2 N–H and O–H groups in total. The highest BCUT2D eigenvalue weighted by molar-refractivity contribution is 5.62. The maximum Gasteiger partial charge on any atom is 0.508 e. The number of hydrogen-bond donors (Lipinski definition) is 2. The molecule has 0 amide bonds. The van der Waals surface area contributed by atoms with E-state index in [1.165, 1.54) is 0 Å². The van der Waals surface area contributed by atoms with E-state index in [1.54, 1.807) is 0 Å². The summed E-state index contributed by atoms with van der Waals surface area (Å²) in [7, 11) is 0. The molecule has 3 rings (SSSR count). The van der Waals surface area contributed by atoms with E-state index in [0.717, 1.165) is 0 Å². The SMILES string of the molecule is O=C1OCC(Cn2c(=O)n(CC(O)COO)c(=O)n(CC3COC(=O)O3)c2=O)O1. The Kier molecular flexibility index (Phi) is 6.00. The first-order valence-electron chi connectivity index (χ1n) is 8.36. The van der Waals surface area contributed by atoms with E-state index in [2.05, 4.69) is 14.4 Å². The molecule has 0 aliphatic carbocycles. The third kappa shape index (κ3) is 4.47. The molecule has 3 atom stereocenters. The number of ether oxygens (including phenoxy) is 4. The van der Waals surface area contributed by atoms with Gasteiger partial charge in [-0.2, -0.15) is 0 Å². The molecule has 1 aromatic heterocycles. The summed E-state index contributed by atoms with van der Waals surface area (Å²) in [6.07, 6.45) is -5.30. The van der Waals surface area contributed by atoms with Crippen molar-refractivity contribution in [2.45, 2.75) is 37.9 Å². The molecule has 1 aromatic rings. The van der Waals surface area contributed by atoms with Crippen LogP contribution in [-0.2, 0) is 43.5 Å². The molecule has 0 spiro atoms. The lowest BCUT2D eigenvalue weighted by Gasteiger charge is -2.17. The third-order valence-corrected chi connectivity index (χ3v) is 4.12. The van der Waals surface area contributed by atoms with Crippen molar-refractivity contribution in [3.63, 3.8) is 0 Å². The number of cyclic esters (lactones) is 4. The second-order valence-corrected chi connectivity index (χ2v) is 6.23. The summed E-state index contributed by atoms with van der Waals surface area (Å²) < 4.78 is 20.6. The second-order valence-electron chi connectivity index (χ2n) is 6.23. The number of aliphatic hydroxyl groups excluding tert-OH is 1. The lowest BCUT2D eigenvalue weighted by Crippen LogP contribution is -2.57. The average Bonchev–Trinajstić information content (AvgIpc) is 3.27. The first-order valence-corrected chi connectivity index (χ1v) is 8.36. The zero-order valence-electron chi connectivity index (χ0n) is 14.8. The van der Waals surface area contributed by atoms with E-state index in [9.17, 15) is 29.1 Å². The van der Waals surface area contributed by atoms with E-state index in [4.69, 9.17) is 14.7 Å². The Balaban J connectivity index is 2.01. The first kappa shape index (κ1) is 20.6. The van der Waals surface area contributed by atoms with Crippen LogP contribution in [0, 0.1) is 0 Å². The Morgan fingerprint density at radius 2 is 1.31 bits per heavy atom. The molecule has 15 heteroatoms. The number of aromatic nitrogens is 3. The van der Waals surface area contributed by atoms with Gasteiger partial charge in [-0.15, -0.1) is 0 Å². The third-order valence-electron chi connectivity index (χ3n) is 4.12. The highest BCUT2D eigenvalue weighted by Crippen LogP contribution is 2.08. The maximum atomic E-state index is 12.7. The Morgan fingerprint density at radius 1 is 0.862 bits per heavy atom. The highest BCUT2D eigenvalue weighted by Gasteiger charge is 2.30. The number of nitrogens with zero attached hydrogens (tertiary/aromatic N) is 3. The van der Waals surface area contributed by atoms with Gasteiger partial charge in [-0.1, -0.05) is 0 Å². The number of hydrogen-bond acceptors (Lipinski definition) is 12. The molecule has 2 saturated heterocycles. The molecule has 2 aliphatic rings. The summed E-state index contributed by atoms with van der Waals surface area (Å²) in [4.78, 5) is 64.0. The molecule has 2 fully saturated rings. The minimum absolute atomic E-state index is 0.209. The molecule has 2 aliphatic heterocycles. The molecule has 15 nitrogen and oxygen atoms in total. The van der Waals surface area contributed by atoms with Crippen molar-refractivity contribution in [1.82, 2.24) is 13.7 Å². The molecular formula is C14H17N3O12. The molecule has 29 heavy (non-hydrogen) atoms. The lowest BCUT2D eigenvalue weighted by molar-refractivity contribution is -0.257. The van der Waals surface area contributed by atoms with Crippen LogP contribution < -0.4 is 17.1 Å². The smallest absolute Gasteiger partial charge is 0.430 e. The largest absolute Gasteiger partial charge is 0.508 e. The van der Waals surface area contributed by atoms with Gasteiger partial charge in [0.1, 0.15) is 19.8 Å². The van der Waals surface area contributed by atoms with Crippen LogP contribution in [0.15, 0.2) is 14.4 Å². The van der Waals surface area contributed by atoms with Gasteiger partial charge in [0.2, 0.25) is 0 Å². The summed E-state index contributed by atoms with van der Waals surface area (Å²) in [5, 5.41) is 18.2. The van der Waals surface area contributed by atoms with Crippen LogP contribution in [0.25, 0.3) is 0 Å². The lowest BCUT2D eigenvalue weighted by atomic mass is 10.3. The number of rotatable bonds is 8. The van der Waals surface area contributed by atoms with Crippen LogP contribution in [0.3, 0.4) is 0 Å². The molecule has 160 valence electrons. The predicted molar refractivity (Wildman–Crippen MR) is 86.3 cm³/mol. The summed E-state index contributed by atoms with van der Waals surface area (Å²) in [5.41, 5.74) is -3.22. The average molecular weight is 419 g/mol. The normalized spacial score (nSPS) is 22.0. The minimum Gasteiger partial charge on any atom is -0.430 e. The van der Waals surface area contributed by atoms with Crippen molar-refractivity contribution >= 4 is 12.3 Å². The van der Waals surface area contributed by atoms with Gasteiger partial charge in [0.25, 0.3) is 0 Å². The summed E-state index contributed by atoms with van der Waals surface area (Å²) >= 11 is 0. The Labute approximate surface area is 160 Å². The fraction of sp³-hybridized carbons (Fsp3) is 0.643. The molecule has 3 unspecified atom stereocenters. The number of carbonyl (C=O) groups is 2. The fourth-order valence-corrected chi connectivity index (χ4v) is 2.82. The van der Waals surface area contributed by atoms with Crippen molar-refractivity contribution in [2.75, 3.05) is 19.8 Å². The number of aliphatic hydroxyl groups is 1. The first-order chi connectivity index (χ1) is 13.8. The topological polar surface area (TPSA) is 187 Å². The number of carbonyl (C=O) groups excluding carboxylic acids is 2. The summed E-state index contributed by atoms with van der Waals surface area (Å²) in [6, 6.07) is 0. The van der Waals surface area contributed by atoms with Gasteiger partial charge in [0, 0.05) is 0 Å². The van der Waals surface area contributed by atoms with Crippen LogP contribution in [0.2, 0.25) is 0 Å². The van der Waals surface area contributed by atoms with Gasteiger partial charge in [-0.05, 0) is 0 Å². The Bertz CT molecular complexity index is 896. The second kappa shape index (κ2) is 8.46. The Morgan fingerprint density at radius 3 is 1.69 bits per heavy atom. The van der Waals surface area contributed by atoms with Gasteiger partial charge < -0.3 is 24.1 Å². The van der Waals surface area contributed by atoms with Crippen molar-refractivity contribution in [2.24, 2.45) is 0 Å². The van der Waals surface area contributed by atoms with Crippen molar-refractivity contribution in [3.8, 4) is 0 Å².